The minimum absolute atomic E-state index is 0.101. The van der Waals surface area contributed by atoms with E-state index >= 15 is 0 Å². The fourth-order valence-corrected chi connectivity index (χ4v) is 3.76. The highest BCUT2D eigenvalue weighted by Gasteiger charge is 2.23. The van der Waals surface area contributed by atoms with Gasteiger partial charge in [-0.25, -0.2) is 0 Å². The van der Waals surface area contributed by atoms with Crippen LogP contribution in [0.4, 0.5) is 5.69 Å². The number of nitrogens with zero attached hydrogens (tertiary/aromatic N) is 3. The summed E-state index contributed by atoms with van der Waals surface area (Å²) in [5, 5.41) is 3.36. The molecule has 2 aromatic rings. The van der Waals surface area contributed by atoms with Gasteiger partial charge in [-0.05, 0) is 36.9 Å². The lowest BCUT2D eigenvalue weighted by Gasteiger charge is -2.37. The van der Waals surface area contributed by atoms with Crippen LogP contribution >= 0.6 is 11.6 Å². The van der Waals surface area contributed by atoms with Crippen LogP contribution < -0.4 is 10.2 Å². The number of rotatable bonds is 6. The quantitative estimate of drug-likeness (QED) is 0.789. The summed E-state index contributed by atoms with van der Waals surface area (Å²) in [5.41, 5.74) is 2.72. The molecule has 1 fully saturated rings. The van der Waals surface area contributed by atoms with Gasteiger partial charge in [0, 0.05) is 45.3 Å². The molecule has 154 valence electrons. The molecular weight excluding hydrogens is 388 g/mol. The first-order valence-electron chi connectivity index (χ1n) is 9.74. The number of para-hydroxylation sites is 1. The van der Waals surface area contributed by atoms with E-state index in [2.05, 4.69) is 10.2 Å². The summed E-state index contributed by atoms with van der Waals surface area (Å²) in [6, 6.07) is 15.3. The summed E-state index contributed by atoms with van der Waals surface area (Å²) in [4.78, 5) is 30.4. The minimum atomic E-state index is -0.101. The fraction of sp³-hybridized carbons (Fsp3) is 0.364. The number of piperazine rings is 1. The van der Waals surface area contributed by atoms with E-state index in [9.17, 15) is 9.59 Å². The summed E-state index contributed by atoms with van der Waals surface area (Å²) >= 11 is 6.29. The normalized spacial score (nSPS) is 14.2. The summed E-state index contributed by atoms with van der Waals surface area (Å²) in [7, 11) is 3.55. The first-order valence-corrected chi connectivity index (χ1v) is 10.1. The third-order valence-electron chi connectivity index (χ3n) is 5.13. The second-order valence-corrected chi connectivity index (χ2v) is 7.67. The van der Waals surface area contributed by atoms with Gasteiger partial charge >= 0.3 is 0 Å². The van der Waals surface area contributed by atoms with E-state index in [-0.39, 0.29) is 11.8 Å². The molecule has 3 rings (SSSR count). The molecule has 7 heteroatoms. The van der Waals surface area contributed by atoms with Crippen LogP contribution in [0.2, 0.25) is 5.02 Å². The Morgan fingerprint density at radius 2 is 1.69 bits per heavy atom. The van der Waals surface area contributed by atoms with Gasteiger partial charge in [0.25, 0.3) is 5.91 Å². The maximum Gasteiger partial charge on any atom is 0.251 e. The van der Waals surface area contributed by atoms with E-state index in [1.54, 1.807) is 19.2 Å². The standard InChI is InChI=1S/C22H27ClN4O2/c1-24-22(29)18-9-7-17(8-10-18)15-25(2)16-21(28)27-13-11-26(12-14-27)20-6-4-3-5-19(20)23/h3-10H,11-16H2,1-2H3,(H,24,29). The van der Waals surface area contributed by atoms with Crippen LogP contribution in [0, 0.1) is 0 Å². The SMILES string of the molecule is CNC(=O)c1ccc(CN(C)CC(=O)N2CCN(c3ccccc3Cl)CC2)cc1. The molecule has 0 bridgehead atoms. The molecule has 29 heavy (non-hydrogen) atoms. The molecule has 1 N–H and O–H groups in total. The number of hydrogen-bond acceptors (Lipinski definition) is 4. The van der Waals surface area contributed by atoms with Crippen molar-refractivity contribution < 1.29 is 9.59 Å². The Balaban J connectivity index is 1.48. The highest BCUT2D eigenvalue weighted by molar-refractivity contribution is 6.33. The number of anilines is 1. The second kappa shape index (κ2) is 9.76. The van der Waals surface area contributed by atoms with Crippen LogP contribution in [0.25, 0.3) is 0 Å². The number of likely N-dealkylation sites (N-methyl/N-ethyl adjacent to an activating group) is 1. The highest BCUT2D eigenvalue weighted by atomic mass is 35.5. The molecule has 0 aliphatic carbocycles. The third-order valence-corrected chi connectivity index (χ3v) is 5.45. The van der Waals surface area contributed by atoms with Crippen LogP contribution in [0.5, 0.6) is 0 Å². The van der Waals surface area contributed by atoms with Crippen molar-refractivity contribution in [2.45, 2.75) is 6.54 Å². The smallest absolute Gasteiger partial charge is 0.251 e. The molecule has 2 amide bonds. The summed E-state index contributed by atoms with van der Waals surface area (Å²) in [5.74, 6) is 0.0318. The lowest BCUT2D eigenvalue weighted by molar-refractivity contribution is -0.132. The minimum Gasteiger partial charge on any atom is -0.367 e. The number of halogens is 1. The zero-order chi connectivity index (χ0) is 20.8. The first-order chi connectivity index (χ1) is 14.0. The fourth-order valence-electron chi connectivity index (χ4n) is 3.51. The highest BCUT2D eigenvalue weighted by Crippen LogP contribution is 2.26. The molecular formula is C22H27ClN4O2. The van der Waals surface area contributed by atoms with Crippen molar-refractivity contribution in [1.82, 2.24) is 15.1 Å². The first kappa shape index (κ1) is 21.1. The molecule has 1 heterocycles. The number of benzene rings is 2. The summed E-state index contributed by atoms with van der Waals surface area (Å²) < 4.78 is 0. The lowest BCUT2D eigenvalue weighted by Crippen LogP contribution is -2.51. The monoisotopic (exact) mass is 414 g/mol. The van der Waals surface area contributed by atoms with Crippen molar-refractivity contribution in [3.05, 3.63) is 64.7 Å². The van der Waals surface area contributed by atoms with Crippen LogP contribution in [0.1, 0.15) is 15.9 Å². The van der Waals surface area contributed by atoms with Crippen molar-refractivity contribution >= 4 is 29.1 Å². The van der Waals surface area contributed by atoms with Crippen molar-refractivity contribution in [1.29, 1.82) is 0 Å². The van der Waals surface area contributed by atoms with Gasteiger partial charge in [-0.3, -0.25) is 14.5 Å². The number of nitrogens with one attached hydrogen (secondary N) is 1. The van der Waals surface area contributed by atoms with Crippen LogP contribution in [0.15, 0.2) is 48.5 Å². The van der Waals surface area contributed by atoms with Gasteiger partial charge in [0.05, 0.1) is 17.3 Å². The van der Waals surface area contributed by atoms with Crippen molar-refractivity contribution in [3.63, 3.8) is 0 Å². The van der Waals surface area contributed by atoms with E-state index < -0.39 is 0 Å². The van der Waals surface area contributed by atoms with Gasteiger partial charge in [-0.1, -0.05) is 35.9 Å². The number of hydrogen-bond donors (Lipinski definition) is 1. The molecule has 6 nitrogen and oxygen atoms in total. The molecule has 0 aromatic heterocycles. The van der Waals surface area contributed by atoms with Gasteiger partial charge in [-0.15, -0.1) is 0 Å². The van der Waals surface area contributed by atoms with E-state index in [1.807, 2.05) is 53.2 Å². The Morgan fingerprint density at radius 1 is 1.03 bits per heavy atom. The average molecular weight is 415 g/mol. The maximum atomic E-state index is 12.7. The molecule has 0 spiro atoms. The topological polar surface area (TPSA) is 55.9 Å². The zero-order valence-electron chi connectivity index (χ0n) is 16.9. The molecule has 1 aliphatic heterocycles. The Kier molecular flexibility index (Phi) is 7.12. The Hall–Kier alpha value is -2.57. The van der Waals surface area contributed by atoms with E-state index in [4.69, 9.17) is 11.6 Å². The number of carbonyl (C=O) groups excluding carboxylic acids is 2. The van der Waals surface area contributed by atoms with Crippen molar-refractivity contribution in [2.24, 2.45) is 0 Å². The van der Waals surface area contributed by atoms with Crippen LogP contribution in [-0.4, -0.2) is 68.4 Å². The van der Waals surface area contributed by atoms with Gasteiger partial charge < -0.3 is 15.1 Å². The summed E-state index contributed by atoms with van der Waals surface area (Å²) in [6.45, 7) is 3.96. The van der Waals surface area contributed by atoms with E-state index in [1.165, 1.54) is 0 Å². The molecule has 1 saturated heterocycles. The number of amides is 2. The van der Waals surface area contributed by atoms with Gasteiger partial charge in [0.2, 0.25) is 5.91 Å². The third kappa shape index (κ3) is 5.49. The molecule has 1 aliphatic rings. The predicted molar refractivity (Wildman–Crippen MR) is 116 cm³/mol. The zero-order valence-corrected chi connectivity index (χ0v) is 17.7. The molecule has 0 radical (unpaired) electrons. The number of carbonyl (C=O) groups is 2. The Bertz CT molecular complexity index is 848. The summed E-state index contributed by atoms with van der Waals surface area (Å²) in [6.07, 6.45) is 0. The van der Waals surface area contributed by atoms with Gasteiger partial charge in [-0.2, -0.15) is 0 Å². The Labute approximate surface area is 177 Å². The Morgan fingerprint density at radius 3 is 2.31 bits per heavy atom. The lowest BCUT2D eigenvalue weighted by atomic mass is 10.1. The molecule has 0 saturated carbocycles. The van der Waals surface area contributed by atoms with E-state index in [0.717, 1.165) is 29.4 Å². The molecule has 0 unspecified atom stereocenters. The van der Waals surface area contributed by atoms with Gasteiger partial charge in [0.1, 0.15) is 0 Å². The predicted octanol–water partition coefficient (Wildman–Crippen LogP) is 2.48. The molecule has 2 aromatic carbocycles. The maximum absolute atomic E-state index is 12.7. The molecule has 0 atom stereocenters. The van der Waals surface area contributed by atoms with Crippen LogP contribution in [-0.2, 0) is 11.3 Å². The van der Waals surface area contributed by atoms with Gasteiger partial charge in [0.15, 0.2) is 0 Å². The average Bonchev–Trinajstić information content (AvgIpc) is 2.74. The largest absolute Gasteiger partial charge is 0.367 e. The van der Waals surface area contributed by atoms with Crippen molar-refractivity contribution in [2.75, 3.05) is 51.7 Å². The van der Waals surface area contributed by atoms with Crippen molar-refractivity contribution in [3.8, 4) is 0 Å². The van der Waals surface area contributed by atoms with E-state index in [0.29, 0.717) is 31.7 Å². The van der Waals surface area contributed by atoms with Crippen LogP contribution in [0.3, 0.4) is 0 Å². The second-order valence-electron chi connectivity index (χ2n) is 7.27.